The van der Waals surface area contributed by atoms with Crippen LogP contribution in [0.25, 0.3) is 5.52 Å². The second-order valence-corrected chi connectivity index (χ2v) is 8.65. The van der Waals surface area contributed by atoms with Gasteiger partial charge >= 0.3 is 0 Å². The molecule has 30 heavy (non-hydrogen) atoms. The Kier molecular flexibility index (Phi) is 5.72. The Morgan fingerprint density at radius 3 is 2.83 bits per heavy atom. The van der Waals surface area contributed by atoms with Gasteiger partial charge in [0.05, 0.1) is 43.6 Å². The summed E-state index contributed by atoms with van der Waals surface area (Å²) in [5, 5.41) is 8.17. The number of aromatic nitrogens is 2. The number of nitrogens with zero attached hydrogens (tertiary/aromatic N) is 4. The van der Waals surface area contributed by atoms with Gasteiger partial charge in [0.15, 0.2) is 11.6 Å². The number of hydrogen-bond acceptors (Lipinski definition) is 5. The number of anilines is 1. The third-order valence-electron chi connectivity index (χ3n) is 6.13. The van der Waals surface area contributed by atoms with Crippen molar-refractivity contribution in [2.75, 3.05) is 38.5 Å². The molecule has 7 heteroatoms. The summed E-state index contributed by atoms with van der Waals surface area (Å²) in [6, 6.07) is 5.90. The van der Waals surface area contributed by atoms with E-state index in [2.05, 4.69) is 17.5 Å². The van der Waals surface area contributed by atoms with E-state index in [4.69, 9.17) is 10.7 Å². The van der Waals surface area contributed by atoms with Crippen LogP contribution >= 0.6 is 0 Å². The van der Waals surface area contributed by atoms with E-state index in [9.17, 15) is 4.79 Å². The number of piperidine rings is 1. The van der Waals surface area contributed by atoms with Crippen LogP contribution in [0.2, 0.25) is 0 Å². The van der Waals surface area contributed by atoms with E-state index in [0.29, 0.717) is 17.0 Å². The Balaban J connectivity index is 1.54. The van der Waals surface area contributed by atoms with Gasteiger partial charge in [-0.15, -0.1) is 5.10 Å². The van der Waals surface area contributed by atoms with Crippen molar-refractivity contribution in [2.24, 2.45) is 10.7 Å². The largest absolute Gasteiger partial charge is 0.397 e. The van der Waals surface area contributed by atoms with Gasteiger partial charge in [-0.3, -0.25) is 4.79 Å². The number of hydrogen-bond donors (Lipinski definition) is 2. The quantitative estimate of drug-likeness (QED) is 0.437. The molecule has 0 spiro atoms. The van der Waals surface area contributed by atoms with Gasteiger partial charge in [-0.1, -0.05) is 6.07 Å². The number of allylic oxidation sites excluding steroid dienone is 3. The fraction of sp³-hybridized carbons (Fsp3) is 0.435. The third kappa shape index (κ3) is 4.31. The van der Waals surface area contributed by atoms with Crippen molar-refractivity contribution in [3.05, 3.63) is 47.8 Å². The Bertz CT molecular complexity index is 1040. The molecule has 0 bridgehead atoms. The zero-order chi connectivity index (χ0) is 21.1. The molecule has 7 nitrogen and oxygen atoms in total. The average Bonchev–Trinajstić information content (AvgIpc) is 3.07. The lowest BCUT2D eigenvalue weighted by atomic mass is 10.0. The van der Waals surface area contributed by atoms with Crippen LogP contribution in [-0.2, 0) is 4.79 Å². The van der Waals surface area contributed by atoms with Crippen LogP contribution in [0, 0.1) is 0 Å². The molecule has 1 fully saturated rings. The second-order valence-electron chi connectivity index (χ2n) is 8.65. The van der Waals surface area contributed by atoms with Gasteiger partial charge in [0.2, 0.25) is 0 Å². The van der Waals surface area contributed by atoms with Gasteiger partial charge in [-0.2, -0.15) is 0 Å². The molecule has 2 aromatic heterocycles. The zero-order valence-corrected chi connectivity index (χ0v) is 17.9. The number of ketones is 1. The number of pyridine rings is 1. The molecule has 0 radical (unpaired) electrons. The number of fused-ring (bicyclic) bond motifs is 1. The smallest absolute Gasteiger partial charge is 0.183 e. The number of carbonyl (C=O) groups is 1. The summed E-state index contributed by atoms with van der Waals surface area (Å²) in [6.07, 6.45) is 10.2. The first-order valence-corrected chi connectivity index (χ1v) is 10.8. The zero-order valence-electron chi connectivity index (χ0n) is 17.9. The second kappa shape index (κ2) is 8.44. The van der Waals surface area contributed by atoms with Crippen molar-refractivity contribution in [1.82, 2.24) is 9.61 Å². The fourth-order valence-electron chi connectivity index (χ4n) is 4.29. The van der Waals surface area contributed by atoms with Gasteiger partial charge in [-0.05, 0) is 50.0 Å². The minimum Gasteiger partial charge on any atom is -0.397 e. The van der Waals surface area contributed by atoms with Crippen molar-refractivity contribution >= 4 is 28.5 Å². The minimum absolute atomic E-state index is 0.0704. The first-order chi connectivity index (χ1) is 14.5. The minimum atomic E-state index is -0.0704. The Labute approximate surface area is 177 Å². The number of quaternary nitrogens is 1. The summed E-state index contributed by atoms with van der Waals surface area (Å²) in [4.78, 5) is 16.7. The number of aliphatic imine (C=N–C) groups is 1. The van der Waals surface area contributed by atoms with Crippen molar-refractivity contribution in [3.63, 3.8) is 0 Å². The topological polar surface area (TPSA) is 84.8 Å². The Morgan fingerprint density at radius 1 is 1.23 bits per heavy atom. The lowest BCUT2D eigenvalue weighted by Gasteiger charge is -2.37. The van der Waals surface area contributed by atoms with Crippen molar-refractivity contribution in [2.45, 2.75) is 32.6 Å². The molecule has 3 heterocycles. The van der Waals surface area contributed by atoms with Gasteiger partial charge < -0.3 is 15.5 Å². The molecular weight excluding hydrogens is 376 g/mol. The molecule has 1 aliphatic carbocycles. The van der Waals surface area contributed by atoms with Gasteiger partial charge in [0.25, 0.3) is 0 Å². The Hall–Kier alpha value is -2.93. The monoisotopic (exact) mass is 407 g/mol. The summed E-state index contributed by atoms with van der Waals surface area (Å²) >= 11 is 0. The first kappa shape index (κ1) is 20.3. The lowest BCUT2D eigenvalue weighted by Crippen LogP contribution is -2.48. The van der Waals surface area contributed by atoms with Gasteiger partial charge in [-0.25, -0.2) is 9.51 Å². The molecule has 0 saturated carbocycles. The predicted octanol–water partition coefficient (Wildman–Crippen LogP) is 3.21. The lowest BCUT2D eigenvalue weighted by molar-refractivity contribution is -0.914. The molecule has 0 atom stereocenters. The highest BCUT2D eigenvalue weighted by Crippen LogP contribution is 2.31. The van der Waals surface area contributed by atoms with E-state index in [0.717, 1.165) is 30.0 Å². The highest BCUT2D eigenvalue weighted by molar-refractivity contribution is 6.22. The number of likely N-dealkylation sites (tertiary alicyclic amines) is 1. The van der Waals surface area contributed by atoms with E-state index in [1.807, 2.05) is 28.9 Å². The summed E-state index contributed by atoms with van der Waals surface area (Å²) in [7, 11) is 2.37. The maximum atomic E-state index is 11.9. The van der Waals surface area contributed by atoms with E-state index in [1.165, 1.54) is 49.5 Å². The number of nitrogens with two attached hydrogens (primary N) is 1. The standard InChI is InChI=1S/C23H30N6O/c1-17-15-19(18(24)16-21(17)30)26-22-20-9-4-5-11-28(20)27-23(22)25-10-8-14-29(2)12-6-3-7-13-29/h4-5,9,11,15-16H,3,6-8,10,12-14H2,1-2H3,(H2-,24,25,27,30)/p+1. The van der Waals surface area contributed by atoms with E-state index >= 15 is 0 Å². The molecule has 2 aliphatic rings. The Morgan fingerprint density at radius 2 is 2.03 bits per heavy atom. The van der Waals surface area contributed by atoms with Crippen molar-refractivity contribution < 1.29 is 9.28 Å². The maximum absolute atomic E-state index is 11.9. The highest BCUT2D eigenvalue weighted by atomic mass is 16.1. The van der Waals surface area contributed by atoms with Crippen LogP contribution < -0.4 is 11.1 Å². The molecule has 4 rings (SSSR count). The average molecular weight is 408 g/mol. The third-order valence-corrected chi connectivity index (χ3v) is 6.13. The summed E-state index contributed by atoms with van der Waals surface area (Å²) < 4.78 is 2.99. The number of nitrogens with one attached hydrogen (secondary N) is 1. The van der Waals surface area contributed by atoms with Crippen LogP contribution in [0.5, 0.6) is 0 Å². The molecule has 3 N–H and O–H groups in total. The SMILES string of the molecule is CC1=CC(=Nc2c(NCCC[N+]3(C)CCCCC3)nn3ccccc23)C(N)=CC1=O. The van der Waals surface area contributed by atoms with E-state index < -0.39 is 0 Å². The maximum Gasteiger partial charge on any atom is 0.183 e. The van der Waals surface area contributed by atoms with Gasteiger partial charge in [0.1, 0.15) is 5.69 Å². The fourth-order valence-corrected chi connectivity index (χ4v) is 4.29. The van der Waals surface area contributed by atoms with Crippen LogP contribution in [0.1, 0.15) is 32.6 Å². The normalized spacial score (nSPS) is 20.3. The first-order valence-electron chi connectivity index (χ1n) is 10.8. The summed E-state index contributed by atoms with van der Waals surface area (Å²) in [5.41, 5.74) is 9.34. The molecule has 0 unspecified atom stereocenters. The molecule has 2 aromatic rings. The van der Waals surface area contributed by atoms with Crippen LogP contribution in [0.3, 0.4) is 0 Å². The van der Waals surface area contributed by atoms with Crippen LogP contribution in [0.15, 0.2) is 52.8 Å². The van der Waals surface area contributed by atoms with Crippen LogP contribution in [0.4, 0.5) is 11.5 Å². The number of carbonyl (C=O) groups excluding carboxylic acids is 1. The highest BCUT2D eigenvalue weighted by Gasteiger charge is 2.24. The summed E-state index contributed by atoms with van der Waals surface area (Å²) in [6.45, 7) is 6.35. The van der Waals surface area contributed by atoms with Crippen molar-refractivity contribution in [1.29, 1.82) is 0 Å². The summed E-state index contributed by atoms with van der Waals surface area (Å²) in [5.74, 6) is 0.671. The molecule has 0 aromatic carbocycles. The van der Waals surface area contributed by atoms with E-state index in [1.54, 1.807) is 13.0 Å². The van der Waals surface area contributed by atoms with E-state index in [-0.39, 0.29) is 5.78 Å². The predicted molar refractivity (Wildman–Crippen MR) is 121 cm³/mol. The molecule has 1 aliphatic heterocycles. The molecule has 158 valence electrons. The van der Waals surface area contributed by atoms with Crippen molar-refractivity contribution in [3.8, 4) is 0 Å². The van der Waals surface area contributed by atoms with Gasteiger partial charge in [0, 0.05) is 25.2 Å². The van der Waals surface area contributed by atoms with Crippen LogP contribution in [-0.4, -0.2) is 58.8 Å². The number of rotatable bonds is 6. The molecular formula is C23H31N6O+. The molecule has 1 saturated heterocycles. The molecule has 0 amide bonds.